The summed E-state index contributed by atoms with van der Waals surface area (Å²) in [5, 5.41) is 13.4. The van der Waals surface area contributed by atoms with Crippen molar-refractivity contribution in [1.29, 1.82) is 0 Å². The van der Waals surface area contributed by atoms with E-state index in [0.29, 0.717) is 11.5 Å². The van der Waals surface area contributed by atoms with Crippen LogP contribution in [0.5, 0.6) is 0 Å². The van der Waals surface area contributed by atoms with Gasteiger partial charge in [-0.1, -0.05) is 43.2 Å². The minimum Gasteiger partial charge on any atom is -0.395 e. The lowest BCUT2D eigenvalue weighted by atomic mass is 9.71. The monoisotopic (exact) mass is 287 g/mol. The molecule has 2 saturated carbocycles. The number of rotatable bonds is 5. The summed E-state index contributed by atoms with van der Waals surface area (Å²) in [6, 6.07) is 11.3. The minimum absolute atomic E-state index is 0.204. The molecule has 1 aromatic carbocycles. The fourth-order valence-electron chi connectivity index (χ4n) is 4.43. The van der Waals surface area contributed by atoms with Gasteiger partial charge in [0.25, 0.3) is 0 Å². The Kier molecular flexibility index (Phi) is 4.97. The van der Waals surface area contributed by atoms with Gasteiger partial charge in [0.05, 0.1) is 6.61 Å². The van der Waals surface area contributed by atoms with Crippen LogP contribution in [0.25, 0.3) is 0 Å². The van der Waals surface area contributed by atoms with Crippen LogP contribution >= 0.6 is 0 Å². The van der Waals surface area contributed by atoms with Crippen molar-refractivity contribution in [2.75, 3.05) is 6.61 Å². The highest BCUT2D eigenvalue weighted by molar-refractivity contribution is 5.16. The highest BCUT2D eigenvalue weighted by atomic mass is 16.3. The van der Waals surface area contributed by atoms with Crippen molar-refractivity contribution < 1.29 is 5.11 Å². The van der Waals surface area contributed by atoms with Crippen molar-refractivity contribution >= 4 is 0 Å². The molecule has 2 aliphatic carbocycles. The lowest BCUT2D eigenvalue weighted by molar-refractivity contribution is 0.150. The number of aliphatic hydroxyl groups excluding tert-OH is 1. The Morgan fingerprint density at radius 3 is 2.33 bits per heavy atom. The average Bonchev–Trinajstić information content (AvgIpc) is 2.98. The number of benzene rings is 1. The van der Waals surface area contributed by atoms with Gasteiger partial charge in [-0.25, -0.2) is 0 Å². The summed E-state index contributed by atoms with van der Waals surface area (Å²) < 4.78 is 0. The zero-order chi connectivity index (χ0) is 14.5. The molecule has 0 heterocycles. The first kappa shape index (κ1) is 15.1. The molecular formula is C19H29NO. The fraction of sp³-hybridized carbons (Fsp3) is 0.684. The minimum atomic E-state index is 0.204. The molecule has 1 aromatic rings. The lowest BCUT2D eigenvalue weighted by Gasteiger charge is -2.38. The van der Waals surface area contributed by atoms with Crippen LogP contribution in [-0.2, 0) is 6.42 Å². The maximum absolute atomic E-state index is 9.66. The van der Waals surface area contributed by atoms with Crippen LogP contribution in [0.15, 0.2) is 30.3 Å². The van der Waals surface area contributed by atoms with E-state index in [2.05, 4.69) is 29.6 Å². The van der Waals surface area contributed by atoms with Gasteiger partial charge in [0.2, 0.25) is 0 Å². The molecular weight excluding hydrogens is 258 g/mol. The van der Waals surface area contributed by atoms with E-state index in [4.69, 9.17) is 0 Å². The van der Waals surface area contributed by atoms with Crippen molar-refractivity contribution in [3.8, 4) is 0 Å². The smallest absolute Gasteiger partial charge is 0.0587 e. The Balaban J connectivity index is 1.49. The number of aliphatic hydroxyl groups is 1. The van der Waals surface area contributed by atoms with Gasteiger partial charge in [-0.2, -0.15) is 0 Å². The SMILES string of the molecule is OC[C@H](Cc1ccccc1)NC1CCC2(CCCC2)CC1. The van der Waals surface area contributed by atoms with Crippen molar-refractivity contribution in [1.82, 2.24) is 5.32 Å². The summed E-state index contributed by atoms with van der Waals surface area (Å²) >= 11 is 0. The van der Waals surface area contributed by atoms with Crippen LogP contribution in [0, 0.1) is 5.41 Å². The molecule has 2 N–H and O–H groups in total. The molecule has 2 fully saturated rings. The van der Waals surface area contributed by atoms with Crippen molar-refractivity contribution in [2.24, 2.45) is 5.41 Å². The Hall–Kier alpha value is -0.860. The molecule has 1 atom stereocenters. The second-order valence-corrected chi connectivity index (χ2v) is 7.22. The highest BCUT2D eigenvalue weighted by Crippen LogP contribution is 2.48. The molecule has 0 amide bonds. The van der Waals surface area contributed by atoms with E-state index in [1.54, 1.807) is 0 Å². The summed E-state index contributed by atoms with van der Waals surface area (Å²) in [6.45, 7) is 0.233. The summed E-state index contributed by atoms with van der Waals surface area (Å²) in [7, 11) is 0. The molecule has 0 saturated heterocycles. The highest BCUT2D eigenvalue weighted by Gasteiger charge is 2.37. The van der Waals surface area contributed by atoms with Crippen molar-refractivity contribution in [2.45, 2.75) is 69.9 Å². The van der Waals surface area contributed by atoms with Gasteiger partial charge in [0, 0.05) is 12.1 Å². The second kappa shape index (κ2) is 6.93. The largest absolute Gasteiger partial charge is 0.395 e. The van der Waals surface area contributed by atoms with Gasteiger partial charge >= 0.3 is 0 Å². The molecule has 1 spiro atoms. The Morgan fingerprint density at radius 1 is 1.05 bits per heavy atom. The third-order valence-electron chi connectivity index (χ3n) is 5.73. The maximum atomic E-state index is 9.66. The van der Waals surface area contributed by atoms with Crippen molar-refractivity contribution in [3.63, 3.8) is 0 Å². The van der Waals surface area contributed by atoms with E-state index in [-0.39, 0.29) is 12.6 Å². The molecule has 3 rings (SSSR count). The van der Waals surface area contributed by atoms with Gasteiger partial charge in [0.1, 0.15) is 0 Å². The molecule has 0 bridgehead atoms. The number of hydrogen-bond acceptors (Lipinski definition) is 2. The van der Waals surface area contributed by atoms with E-state index in [1.165, 1.54) is 56.9 Å². The lowest BCUT2D eigenvalue weighted by Crippen LogP contribution is -2.45. The second-order valence-electron chi connectivity index (χ2n) is 7.22. The molecule has 0 unspecified atom stereocenters. The van der Waals surface area contributed by atoms with Crippen LogP contribution in [-0.4, -0.2) is 23.8 Å². The predicted molar refractivity (Wildman–Crippen MR) is 87.3 cm³/mol. The van der Waals surface area contributed by atoms with E-state index < -0.39 is 0 Å². The molecule has 0 radical (unpaired) electrons. The van der Waals surface area contributed by atoms with Crippen LogP contribution in [0.3, 0.4) is 0 Å². The summed E-state index contributed by atoms with van der Waals surface area (Å²) in [5.74, 6) is 0. The van der Waals surface area contributed by atoms with E-state index >= 15 is 0 Å². The molecule has 2 heteroatoms. The van der Waals surface area contributed by atoms with Gasteiger partial charge in [-0.3, -0.25) is 0 Å². The summed E-state index contributed by atoms with van der Waals surface area (Å²) in [5.41, 5.74) is 2.01. The fourth-order valence-corrected chi connectivity index (χ4v) is 4.43. The quantitative estimate of drug-likeness (QED) is 0.866. The molecule has 0 aromatic heterocycles. The normalized spacial score (nSPS) is 23.5. The first-order valence-electron chi connectivity index (χ1n) is 8.71. The predicted octanol–water partition coefficient (Wildman–Crippen LogP) is 3.68. The van der Waals surface area contributed by atoms with Crippen LogP contribution < -0.4 is 5.32 Å². The topological polar surface area (TPSA) is 32.3 Å². The molecule has 0 aliphatic heterocycles. The summed E-state index contributed by atoms with van der Waals surface area (Å²) in [4.78, 5) is 0. The Morgan fingerprint density at radius 2 is 1.71 bits per heavy atom. The van der Waals surface area contributed by atoms with E-state index in [1.807, 2.05) is 6.07 Å². The molecule has 21 heavy (non-hydrogen) atoms. The zero-order valence-corrected chi connectivity index (χ0v) is 13.1. The third-order valence-corrected chi connectivity index (χ3v) is 5.73. The summed E-state index contributed by atoms with van der Waals surface area (Å²) in [6.07, 6.45) is 12.1. The van der Waals surface area contributed by atoms with Crippen LogP contribution in [0.4, 0.5) is 0 Å². The first-order chi connectivity index (χ1) is 10.3. The number of hydrogen-bond donors (Lipinski definition) is 2. The van der Waals surface area contributed by atoms with Crippen LogP contribution in [0.2, 0.25) is 0 Å². The van der Waals surface area contributed by atoms with Crippen LogP contribution in [0.1, 0.15) is 56.9 Å². The third kappa shape index (κ3) is 3.87. The van der Waals surface area contributed by atoms with Gasteiger partial charge in [-0.15, -0.1) is 0 Å². The molecule has 2 nitrogen and oxygen atoms in total. The maximum Gasteiger partial charge on any atom is 0.0587 e. The number of nitrogens with one attached hydrogen (secondary N) is 1. The van der Waals surface area contributed by atoms with E-state index in [0.717, 1.165) is 6.42 Å². The molecule has 116 valence electrons. The molecule has 2 aliphatic rings. The van der Waals surface area contributed by atoms with Gasteiger partial charge < -0.3 is 10.4 Å². The van der Waals surface area contributed by atoms with Crippen molar-refractivity contribution in [3.05, 3.63) is 35.9 Å². The Labute approximate surface area is 129 Å². The first-order valence-corrected chi connectivity index (χ1v) is 8.71. The average molecular weight is 287 g/mol. The van der Waals surface area contributed by atoms with Gasteiger partial charge in [-0.05, 0) is 55.9 Å². The standard InChI is InChI=1S/C19H29NO/c21-15-18(14-16-6-2-1-3-7-16)20-17-8-12-19(13-9-17)10-4-5-11-19/h1-3,6-7,17-18,20-21H,4-5,8-15H2/t18-/m0/s1. The zero-order valence-electron chi connectivity index (χ0n) is 13.1. The Bertz CT molecular complexity index is 414. The van der Waals surface area contributed by atoms with E-state index in [9.17, 15) is 5.11 Å². The van der Waals surface area contributed by atoms with Gasteiger partial charge in [0.15, 0.2) is 0 Å².